The van der Waals surface area contributed by atoms with Gasteiger partial charge in [-0.25, -0.2) is 0 Å². The Hall–Kier alpha value is -3.44. The molecule has 0 radical (unpaired) electrons. The molecule has 2 atom stereocenters. The molecule has 29 heavy (non-hydrogen) atoms. The summed E-state index contributed by atoms with van der Waals surface area (Å²) < 4.78 is 1.75. The summed E-state index contributed by atoms with van der Waals surface area (Å²) in [6.07, 6.45) is 1.87. The molecule has 0 aliphatic carbocycles. The van der Waals surface area contributed by atoms with Crippen LogP contribution in [-0.4, -0.2) is 28.8 Å². The lowest BCUT2D eigenvalue weighted by Gasteiger charge is -2.14. The van der Waals surface area contributed by atoms with Crippen molar-refractivity contribution < 1.29 is 14.3 Å². The van der Waals surface area contributed by atoms with Crippen molar-refractivity contribution >= 4 is 29.6 Å². The van der Waals surface area contributed by atoms with Crippen molar-refractivity contribution in [3.63, 3.8) is 0 Å². The third kappa shape index (κ3) is 4.20. The van der Waals surface area contributed by atoms with Crippen LogP contribution in [0.3, 0.4) is 0 Å². The van der Waals surface area contributed by atoms with Gasteiger partial charge in [0.15, 0.2) is 6.04 Å². The molecule has 0 unspecified atom stereocenters. The van der Waals surface area contributed by atoms with E-state index in [1.807, 2.05) is 66.9 Å². The molecule has 5 nitrogen and oxygen atoms in total. The highest BCUT2D eigenvalue weighted by Crippen LogP contribution is 2.25. The van der Waals surface area contributed by atoms with E-state index in [1.54, 1.807) is 28.9 Å². The van der Waals surface area contributed by atoms with Crippen molar-refractivity contribution in [3.05, 3.63) is 107 Å². The normalized spacial score (nSPS) is 19.8. The zero-order valence-electron chi connectivity index (χ0n) is 15.5. The summed E-state index contributed by atoms with van der Waals surface area (Å²) in [4.78, 5) is 25.5. The van der Waals surface area contributed by atoms with Gasteiger partial charge in [0.25, 0.3) is 5.91 Å². The minimum atomic E-state index is -0.749. The van der Waals surface area contributed by atoms with Crippen LogP contribution >= 0.6 is 11.6 Å². The van der Waals surface area contributed by atoms with Gasteiger partial charge in [-0.1, -0.05) is 60.1 Å². The van der Waals surface area contributed by atoms with Crippen LogP contribution in [0.2, 0.25) is 5.02 Å². The van der Waals surface area contributed by atoms with Gasteiger partial charge in [0, 0.05) is 21.7 Å². The Morgan fingerprint density at radius 2 is 1.55 bits per heavy atom. The van der Waals surface area contributed by atoms with Crippen molar-refractivity contribution in [1.29, 1.82) is 0 Å². The summed E-state index contributed by atoms with van der Waals surface area (Å²) in [6, 6.07) is 24.8. The maximum Gasteiger partial charge on any atom is 0.304 e. The van der Waals surface area contributed by atoms with Crippen LogP contribution in [-0.2, 0) is 4.79 Å². The summed E-state index contributed by atoms with van der Waals surface area (Å²) >= 11 is 5.90. The molecule has 1 saturated heterocycles. The highest BCUT2D eigenvalue weighted by atomic mass is 35.5. The molecule has 3 aromatic rings. The summed E-state index contributed by atoms with van der Waals surface area (Å²) in [7, 11) is 0. The first kappa shape index (κ1) is 18.9. The molecule has 6 heteroatoms. The lowest BCUT2D eigenvalue weighted by Crippen LogP contribution is -2.42. The predicted octanol–water partition coefficient (Wildman–Crippen LogP) is 3.36. The molecule has 144 valence electrons. The van der Waals surface area contributed by atoms with Crippen LogP contribution in [0.5, 0.6) is 0 Å². The number of carbonyl (C=O) groups is 2. The van der Waals surface area contributed by atoms with Gasteiger partial charge in [-0.2, -0.15) is 0 Å². The smallest absolute Gasteiger partial charge is 0.304 e. The average molecular weight is 405 g/mol. The molecule has 3 aromatic carbocycles. The lowest BCUT2D eigenvalue weighted by atomic mass is 10.00. The van der Waals surface area contributed by atoms with E-state index in [1.165, 1.54) is 0 Å². The van der Waals surface area contributed by atoms with Crippen LogP contribution in [0.15, 0.2) is 84.9 Å². The number of hydrazine groups is 1. The third-order valence-electron chi connectivity index (χ3n) is 4.76. The van der Waals surface area contributed by atoms with Gasteiger partial charge in [0.2, 0.25) is 12.3 Å². The Kier molecular flexibility index (Phi) is 5.40. The molecular formula is C23H19ClN3O2+. The van der Waals surface area contributed by atoms with E-state index in [-0.39, 0.29) is 17.9 Å². The van der Waals surface area contributed by atoms with Gasteiger partial charge >= 0.3 is 5.91 Å². The number of hydrazone groups is 1. The summed E-state index contributed by atoms with van der Waals surface area (Å²) in [5, 5.41) is 3.42. The number of nitrogens with one attached hydrogen (secondary N) is 2. The van der Waals surface area contributed by atoms with Gasteiger partial charge in [-0.3, -0.25) is 9.59 Å². The fourth-order valence-corrected chi connectivity index (χ4v) is 3.48. The van der Waals surface area contributed by atoms with Crippen LogP contribution in [0.25, 0.3) is 0 Å². The first-order valence-corrected chi connectivity index (χ1v) is 9.60. The van der Waals surface area contributed by atoms with Crippen LogP contribution in [0, 0.1) is 0 Å². The monoisotopic (exact) mass is 404 g/mol. The maximum absolute atomic E-state index is 12.8. The van der Waals surface area contributed by atoms with Crippen molar-refractivity contribution in [1.82, 2.24) is 10.7 Å². The standard InChI is InChI=1S/C23H18ClN3O2/c24-19-13-11-18(12-14-19)22(28)25-20-21(17-9-5-2-6-10-17)27(26-23(20)29)15-16-7-3-1-4-8-16/h1-15,20-21H,(H-,25,26,28,29)/p+1/b27-15-/t20-,21+/m1/s1. The second kappa shape index (κ2) is 8.29. The first-order chi connectivity index (χ1) is 14.1. The first-order valence-electron chi connectivity index (χ1n) is 9.22. The van der Waals surface area contributed by atoms with Crippen LogP contribution in [0.4, 0.5) is 0 Å². The van der Waals surface area contributed by atoms with Crippen molar-refractivity contribution in [2.75, 3.05) is 0 Å². The lowest BCUT2D eigenvalue weighted by molar-refractivity contribution is -0.596. The quantitative estimate of drug-likeness (QED) is 0.655. The fraction of sp³-hybridized carbons (Fsp3) is 0.0870. The van der Waals surface area contributed by atoms with Crippen molar-refractivity contribution in [2.45, 2.75) is 12.1 Å². The largest absolute Gasteiger partial charge is 0.334 e. The fourth-order valence-electron chi connectivity index (χ4n) is 3.36. The Morgan fingerprint density at radius 1 is 0.931 bits per heavy atom. The molecule has 0 saturated carbocycles. The van der Waals surface area contributed by atoms with Crippen LogP contribution < -0.4 is 10.7 Å². The van der Waals surface area contributed by atoms with E-state index < -0.39 is 6.04 Å². The van der Waals surface area contributed by atoms with E-state index in [0.717, 1.165) is 11.1 Å². The molecule has 0 spiro atoms. The number of benzene rings is 3. The molecule has 2 N–H and O–H groups in total. The Labute approximate surface area is 173 Å². The molecule has 1 heterocycles. The number of hydrogen-bond donors (Lipinski definition) is 2. The Balaban J connectivity index is 1.68. The van der Waals surface area contributed by atoms with Gasteiger partial charge in [0.05, 0.1) is 0 Å². The van der Waals surface area contributed by atoms with Gasteiger partial charge < -0.3 is 5.32 Å². The van der Waals surface area contributed by atoms with Crippen molar-refractivity contribution in [3.8, 4) is 0 Å². The molecular weight excluding hydrogens is 386 g/mol. The van der Waals surface area contributed by atoms with Crippen LogP contribution in [0.1, 0.15) is 27.5 Å². The van der Waals surface area contributed by atoms with Gasteiger partial charge in [-0.05, 0) is 36.4 Å². The number of nitrogens with zero attached hydrogens (tertiary/aromatic N) is 1. The number of rotatable bonds is 4. The number of halogens is 1. The molecule has 2 amide bonds. The second-order valence-corrected chi connectivity index (χ2v) is 7.17. The summed E-state index contributed by atoms with van der Waals surface area (Å²) in [5.41, 5.74) is 5.17. The Bertz CT molecular complexity index is 1050. The molecule has 4 rings (SSSR count). The summed E-state index contributed by atoms with van der Waals surface area (Å²) in [6.45, 7) is 0. The zero-order valence-corrected chi connectivity index (χ0v) is 16.2. The molecule has 0 bridgehead atoms. The highest BCUT2D eigenvalue weighted by molar-refractivity contribution is 6.30. The van der Waals surface area contributed by atoms with Gasteiger partial charge in [-0.15, -0.1) is 10.1 Å². The topological polar surface area (TPSA) is 61.2 Å². The number of amides is 2. The Morgan fingerprint density at radius 3 is 2.21 bits per heavy atom. The highest BCUT2D eigenvalue weighted by Gasteiger charge is 2.47. The number of carbonyl (C=O) groups excluding carboxylic acids is 2. The maximum atomic E-state index is 12.8. The second-order valence-electron chi connectivity index (χ2n) is 6.74. The molecule has 1 fully saturated rings. The van der Waals surface area contributed by atoms with E-state index >= 15 is 0 Å². The minimum absolute atomic E-state index is 0.270. The minimum Gasteiger partial charge on any atom is -0.334 e. The van der Waals surface area contributed by atoms with E-state index in [0.29, 0.717) is 10.6 Å². The average Bonchev–Trinajstić information content (AvgIpc) is 3.04. The van der Waals surface area contributed by atoms with E-state index in [2.05, 4.69) is 10.7 Å². The molecule has 1 aliphatic heterocycles. The van der Waals surface area contributed by atoms with E-state index in [4.69, 9.17) is 11.6 Å². The number of hydrogen-bond acceptors (Lipinski definition) is 2. The summed E-state index contributed by atoms with van der Waals surface area (Å²) in [5.74, 6) is -0.599. The molecule has 0 aromatic heterocycles. The third-order valence-corrected chi connectivity index (χ3v) is 5.01. The van der Waals surface area contributed by atoms with Gasteiger partial charge in [0.1, 0.15) is 0 Å². The SMILES string of the molecule is O=C(N[C@H]1C(=O)N/[N+](=C\c2ccccc2)[C@H]1c1ccccc1)c1ccc(Cl)cc1. The van der Waals surface area contributed by atoms with Crippen molar-refractivity contribution in [2.24, 2.45) is 0 Å². The molecule has 1 aliphatic rings. The van der Waals surface area contributed by atoms with E-state index in [9.17, 15) is 9.59 Å². The zero-order chi connectivity index (χ0) is 20.2. The predicted molar refractivity (Wildman–Crippen MR) is 112 cm³/mol.